The number of hydrogen-bond acceptors (Lipinski definition) is 4. The van der Waals surface area contributed by atoms with Crippen molar-refractivity contribution >= 4 is 17.1 Å². The molecule has 2 aromatic carbocycles. The number of benzene rings is 2. The molecule has 0 bridgehead atoms. The number of ether oxygens (including phenoxy) is 1. The second-order valence-electron chi connectivity index (χ2n) is 4.01. The van der Waals surface area contributed by atoms with E-state index in [0.717, 1.165) is 12.1 Å². The molecule has 20 heavy (non-hydrogen) atoms. The molecule has 102 valence electrons. The Morgan fingerprint density at radius 1 is 1.20 bits per heavy atom. The Labute approximate surface area is 114 Å². The minimum atomic E-state index is -0.609. The number of nitriles is 1. The number of rotatable bonds is 3. The predicted octanol–water partition coefficient (Wildman–Crippen LogP) is 3.17. The first-order valence-electron chi connectivity index (χ1n) is 5.65. The predicted molar refractivity (Wildman–Crippen MR) is 71.8 cm³/mol. The van der Waals surface area contributed by atoms with Crippen molar-refractivity contribution in [2.75, 3.05) is 18.2 Å². The van der Waals surface area contributed by atoms with Gasteiger partial charge in [-0.2, -0.15) is 5.26 Å². The zero-order valence-corrected chi connectivity index (χ0v) is 10.6. The summed E-state index contributed by atoms with van der Waals surface area (Å²) in [6.45, 7) is 0. The van der Waals surface area contributed by atoms with E-state index in [1.54, 1.807) is 6.07 Å². The van der Waals surface area contributed by atoms with Gasteiger partial charge in [0.25, 0.3) is 0 Å². The highest BCUT2D eigenvalue weighted by atomic mass is 19.1. The van der Waals surface area contributed by atoms with Gasteiger partial charge in [0.1, 0.15) is 11.9 Å². The molecule has 2 aromatic rings. The lowest BCUT2D eigenvalue weighted by molar-refractivity contribution is 0.387. The monoisotopic (exact) mass is 275 g/mol. The molecular formula is C14H11F2N3O. The minimum absolute atomic E-state index is 0.0318. The fourth-order valence-corrected chi connectivity index (χ4v) is 1.68. The Balaban J connectivity index is 2.37. The molecule has 2 rings (SSSR count). The molecular weight excluding hydrogens is 264 g/mol. The number of hydrogen-bond donors (Lipinski definition) is 2. The summed E-state index contributed by atoms with van der Waals surface area (Å²) in [7, 11) is 1.34. The Kier molecular flexibility index (Phi) is 3.71. The molecule has 0 aliphatic carbocycles. The number of nitrogens with zero attached hydrogens (tertiary/aromatic N) is 1. The highest BCUT2D eigenvalue weighted by molar-refractivity contribution is 5.74. The number of nitrogen functional groups attached to an aromatic ring is 1. The van der Waals surface area contributed by atoms with Gasteiger partial charge in [-0.15, -0.1) is 0 Å². The van der Waals surface area contributed by atoms with E-state index in [0.29, 0.717) is 11.4 Å². The van der Waals surface area contributed by atoms with Crippen molar-refractivity contribution in [2.45, 2.75) is 0 Å². The zero-order chi connectivity index (χ0) is 14.7. The Morgan fingerprint density at radius 2 is 1.95 bits per heavy atom. The van der Waals surface area contributed by atoms with Crippen LogP contribution in [-0.4, -0.2) is 7.11 Å². The van der Waals surface area contributed by atoms with Crippen molar-refractivity contribution in [3.63, 3.8) is 0 Å². The van der Waals surface area contributed by atoms with Crippen molar-refractivity contribution in [3.8, 4) is 11.8 Å². The van der Waals surface area contributed by atoms with Crippen molar-refractivity contribution < 1.29 is 13.5 Å². The summed E-state index contributed by atoms with van der Waals surface area (Å²) in [5.74, 6) is -1.15. The summed E-state index contributed by atoms with van der Waals surface area (Å²) in [5.41, 5.74) is 6.64. The van der Waals surface area contributed by atoms with E-state index >= 15 is 0 Å². The first-order chi connectivity index (χ1) is 9.55. The normalized spacial score (nSPS) is 9.90. The van der Waals surface area contributed by atoms with Gasteiger partial charge >= 0.3 is 0 Å². The van der Waals surface area contributed by atoms with Crippen molar-refractivity contribution in [2.24, 2.45) is 0 Å². The van der Waals surface area contributed by atoms with Crippen LogP contribution in [0.1, 0.15) is 5.56 Å². The van der Waals surface area contributed by atoms with Gasteiger partial charge in [0.2, 0.25) is 0 Å². The maximum absolute atomic E-state index is 13.4. The molecule has 3 N–H and O–H groups in total. The molecule has 0 saturated carbocycles. The molecule has 0 fully saturated rings. The zero-order valence-electron chi connectivity index (χ0n) is 10.6. The first-order valence-corrected chi connectivity index (χ1v) is 5.65. The summed E-state index contributed by atoms with van der Waals surface area (Å²) in [6, 6.07) is 8.20. The second-order valence-corrected chi connectivity index (χ2v) is 4.01. The van der Waals surface area contributed by atoms with Gasteiger partial charge in [-0.1, -0.05) is 0 Å². The van der Waals surface area contributed by atoms with Crippen LogP contribution in [0.25, 0.3) is 0 Å². The average Bonchev–Trinajstić information content (AvgIpc) is 2.43. The number of nitrogens with one attached hydrogen (secondary N) is 1. The number of anilines is 3. The Morgan fingerprint density at radius 3 is 2.60 bits per heavy atom. The van der Waals surface area contributed by atoms with Crippen LogP contribution in [0.15, 0.2) is 30.3 Å². The number of halogens is 2. The van der Waals surface area contributed by atoms with E-state index in [2.05, 4.69) is 5.32 Å². The van der Waals surface area contributed by atoms with Crippen LogP contribution in [0.5, 0.6) is 5.75 Å². The van der Waals surface area contributed by atoms with E-state index < -0.39 is 11.6 Å². The molecule has 0 aromatic heterocycles. The van der Waals surface area contributed by atoms with Gasteiger partial charge in [0, 0.05) is 17.8 Å². The van der Waals surface area contributed by atoms with Crippen LogP contribution in [-0.2, 0) is 0 Å². The summed E-state index contributed by atoms with van der Waals surface area (Å²) < 4.78 is 31.5. The van der Waals surface area contributed by atoms with Gasteiger partial charge in [0.05, 0.1) is 24.0 Å². The lowest BCUT2D eigenvalue weighted by Crippen LogP contribution is -2.00. The summed E-state index contributed by atoms with van der Waals surface area (Å²) in [6.07, 6.45) is 0. The third-order valence-electron chi connectivity index (χ3n) is 2.69. The summed E-state index contributed by atoms with van der Waals surface area (Å²) >= 11 is 0. The molecule has 4 nitrogen and oxygen atoms in total. The van der Waals surface area contributed by atoms with Gasteiger partial charge in [-0.25, -0.2) is 8.78 Å². The van der Waals surface area contributed by atoms with E-state index in [1.807, 2.05) is 0 Å². The SMILES string of the molecule is COc1cc(Nc2ccc(F)c(C#N)c2)c(N)cc1F. The van der Waals surface area contributed by atoms with E-state index in [1.165, 1.54) is 25.3 Å². The molecule has 0 atom stereocenters. The smallest absolute Gasteiger partial charge is 0.167 e. The maximum Gasteiger partial charge on any atom is 0.167 e. The lowest BCUT2D eigenvalue weighted by Gasteiger charge is -2.12. The molecule has 0 heterocycles. The van der Waals surface area contributed by atoms with Gasteiger partial charge in [0.15, 0.2) is 11.6 Å². The van der Waals surface area contributed by atoms with E-state index in [-0.39, 0.29) is 17.0 Å². The molecule has 0 spiro atoms. The molecule has 0 amide bonds. The van der Waals surface area contributed by atoms with Crippen molar-refractivity contribution in [3.05, 3.63) is 47.5 Å². The summed E-state index contributed by atoms with van der Waals surface area (Å²) in [4.78, 5) is 0. The van der Waals surface area contributed by atoms with Crippen LogP contribution in [0, 0.1) is 23.0 Å². The maximum atomic E-state index is 13.4. The molecule has 0 aliphatic rings. The van der Waals surface area contributed by atoms with Gasteiger partial charge in [-0.05, 0) is 18.2 Å². The standard InChI is InChI=1S/C14H11F2N3O/c1-20-14-6-13(12(18)5-11(14)16)19-9-2-3-10(15)8(4-9)7-17/h2-6,19H,18H2,1H3. The topological polar surface area (TPSA) is 71.1 Å². The fourth-order valence-electron chi connectivity index (χ4n) is 1.68. The van der Waals surface area contributed by atoms with Crippen LogP contribution < -0.4 is 15.8 Å². The Bertz CT molecular complexity index is 696. The lowest BCUT2D eigenvalue weighted by atomic mass is 10.2. The van der Waals surface area contributed by atoms with Gasteiger partial charge < -0.3 is 15.8 Å². The van der Waals surface area contributed by atoms with Crippen molar-refractivity contribution in [1.82, 2.24) is 0 Å². The second kappa shape index (κ2) is 5.45. The first kappa shape index (κ1) is 13.6. The van der Waals surface area contributed by atoms with Crippen LogP contribution in [0.2, 0.25) is 0 Å². The van der Waals surface area contributed by atoms with Crippen LogP contribution in [0.4, 0.5) is 25.8 Å². The van der Waals surface area contributed by atoms with Crippen molar-refractivity contribution in [1.29, 1.82) is 5.26 Å². The average molecular weight is 275 g/mol. The van der Waals surface area contributed by atoms with Crippen LogP contribution in [0.3, 0.4) is 0 Å². The van der Waals surface area contributed by atoms with E-state index in [4.69, 9.17) is 15.7 Å². The quantitative estimate of drug-likeness (QED) is 0.844. The van der Waals surface area contributed by atoms with E-state index in [9.17, 15) is 8.78 Å². The molecule has 0 aliphatic heterocycles. The fraction of sp³-hybridized carbons (Fsp3) is 0.0714. The minimum Gasteiger partial charge on any atom is -0.494 e. The third kappa shape index (κ3) is 2.62. The highest BCUT2D eigenvalue weighted by Gasteiger charge is 2.09. The number of methoxy groups -OCH3 is 1. The van der Waals surface area contributed by atoms with Gasteiger partial charge in [-0.3, -0.25) is 0 Å². The summed E-state index contributed by atoms with van der Waals surface area (Å²) in [5, 5.41) is 11.7. The molecule has 6 heteroatoms. The number of nitrogens with two attached hydrogens (primary N) is 1. The van der Waals surface area contributed by atoms with Crippen LogP contribution >= 0.6 is 0 Å². The molecule has 0 unspecified atom stereocenters. The Hall–Kier alpha value is -2.81. The molecule has 0 radical (unpaired) electrons. The third-order valence-corrected chi connectivity index (χ3v) is 2.69. The largest absolute Gasteiger partial charge is 0.494 e. The highest BCUT2D eigenvalue weighted by Crippen LogP contribution is 2.30. The molecule has 0 saturated heterocycles.